The van der Waals surface area contributed by atoms with Gasteiger partial charge in [-0.3, -0.25) is 4.79 Å². The van der Waals surface area contributed by atoms with Gasteiger partial charge in [-0.1, -0.05) is 20.3 Å². The Kier molecular flexibility index (Phi) is 5.96. The number of carbonyl (C=O) groups excluding carboxylic acids is 1. The lowest BCUT2D eigenvalue weighted by molar-refractivity contribution is -0.132. The Morgan fingerprint density at radius 3 is 2.31 bits per heavy atom. The molecule has 0 aromatic carbocycles. The van der Waals surface area contributed by atoms with Crippen molar-refractivity contribution in [3.63, 3.8) is 0 Å². The highest BCUT2D eigenvalue weighted by Gasteiger charge is 2.23. The highest BCUT2D eigenvalue weighted by atomic mass is 32.2. The van der Waals surface area contributed by atoms with Crippen LogP contribution in [0, 0.1) is 5.92 Å². The lowest BCUT2D eigenvalue weighted by Gasteiger charge is -2.24. The zero-order chi connectivity index (χ0) is 12.9. The van der Waals surface area contributed by atoms with Crippen molar-refractivity contribution in [1.82, 2.24) is 4.90 Å². The van der Waals surface area contributed by atoms with Crippen molar-refractivity contribution in [1.29, 1.82) is 0 Å². The molecule has 6 heteroatoms. The third kappa shape index (κ3) is 5.46. The average Bonchev–Trinajstić information content (AvgIpc) is 2.21. The first-order valence-corrected chi connectivity index (χ1v) is 7.43. The van der Waals surface area contributed by atoms with Crippen LogP contribution in [-0.4, -0.2) is 50.9 Å². The second-order valence-corrected chi connectivity index (χ2v) is 6.56. The molecule has 2 atom stereocenters. The molecular formula is C10H22N2O3S. The summed E-state index contributed by atoms with van der Waals surface area (Å²) in [7, 11) is -1.46. The van der Waals surface area contributed by atoms with Crippen LogP contribution in [0.2, 0.25) is 0 Å². The first kappa shape index (κ1) is 15.4. The van der Waals surface area contributed by atoms with Gasteiger partial charge in [0.15, 0.2) is 0 Å². The Balaban J connectivity index is 4.29. The largest absolute Gasteiger partial charge is 0.343 e. The molecular weight excluding hydrogens is 228 g/mol. The van der Waals surface area contributed by atoms with Crippen LogP contribution in [0.1, 0.15) is 20.3 Å². The summed E-state index contributed by atoms with van der Waals surface area (Å²) in [6.45, 7) is 4.07. The summed E-state index contributed by atoms with van der Waals surface area (Å²) in [5, 5.41) is 0. The first-order valence-electron chi connectivity index (χ1n) is 5.37. The van der Waals surface area contributed by atoms with Crippen molar-refractivity contribution in [3.8, 4) is 0 Å². The number of hydrogen-bond donors (Lipinski definition) is 1. The van der Waals surface area contributed by atoms with E-state index in [-0.39, 0.29) is 24.1 Å². The Morgan fingerprint density at radius 2 is 1.94 bits per heavy atom. The quantitative estimate of drug-likeness (QED) is 0.711. The fourth-order valence-corrected chi connectivity index (χ4v) is 1.77. The number of carbonyl (C=O) groups is 1. The van der Waals surface area contributed by atoms with E-state index in [1.807, 2.05) is 13.8 Å². The molecule has 0 aliphatic heterocycles. The van der Waals surface area contributed by atoms with Gasteiger partial charge < -0.3 is 10.6 Å². The van der Waals surface area contributed by atoms with Gasteiger partial charge in [-0.25, -0.2) is 8.42 Å². The number of hydrogen-bond acceptors (Lipinski definition) is 4. The lowest BCUT2D eigenvalue weighted by atomic mass is 9.99. The fraction of sp³-hybridized carbons (Fsp3) is 0.900. The Hall–Kier alpha value is -0.620. The molecule has 0 rings (SSSR count). The summed E-state index contributed by atoms with van der Waals surface area (Å²) in [5.41, 5.74) is 5.77. The second kappa shape index (κ2) is 6.20. The van der Waals surface area contributed by atoms with Gasteiger partial charge in [0.05, 0.1) is 11.8 Å². The van der Waals surface area contributed by atoms with Gasteiger partial charge in [0.25, 0.3) is 0 Å². The molecule has 5 nitrogen and oxygen atoms in total. The van der Waals surface area contributed by atoms with E-state index < -0.39 is 15.9 Å². The van der Waals surface area contributed by atoms with Crippen LogP contribution in [0.5, 0.6) is 0 Å². The minimum absolute atomic E-state index is 0.0253. The topological polar surface area (TPSA) is 80.5 Å². The molecule has 0 saturated carbocycles. The lowest BCUT2D eigenvalue weighted by Crippen LogP contribution is -2.46. The van der Waals surface area contributed by atoms with Crippen molar-refractivity contribution < 1.29 is 13.2 Å². The summed E-state index contributed by atoms with van der Waals surface area (Å²) < 4.78 is 21.9. The summed E-state index contributed by atoms with van der Waals surface area (Å²) in [5.74, 6) is -0.117. The zero-order valence-corrected chi connectivity index (χ0v) is 11.3. The van der Waals surface area contributed by atoms with Crippen LogP contribution in [0.25, 0.3) is 0 Å². The van der Waals surface area contributed by atoms with E-state index in [0.717, 1.165) is 12.7 Å². The van der Waals surface area contributed by atoms with E-state index >= 15 is 0 Å². The molecule has 0 unspecified atom stereocenters. The van der Waals surface area contributed by atoms with Gasteiger partial charge in [0.2, 0.25) is 5.91 Å². The average molecular weight is 250 g/mol. The Labute approximate surface area is 97.9 Å². The zero-order valence-electron chi connectivity index (χ0n) is 10.4. The molecule has 16 heavy (non-hydrogen) atoms. The monoisotopic (exact) mass is 250 g/mol. The Morgan fingerprint density at radius 1 is 1.44 bits per heavy atom. The predicted molar refractivity (Wildman–Crippen MR) is 64.8 cm³/mol. The molecule has 0 aliphatic carbocycles. The van der Waals surface area contributed by atoms with E-state index in [2.05, 4.69) is 0 Å². The second-order valence-electron chi connectivity index (χ2n) is 4.30. The van der Waals surface area contributed by atoms with Crippen LogP contribution in [0.3, 0.4) is 0 Å². The molecule has 0 spiro atoms. The molecule has 0 saturated heterocycles. The van der Waals surface area contributed by atoms with Crippen LogP contribution in [-0.2, 0) is 14.6 Å². The number of nitrogens with two attached hydrogens (primary N) is 1. The number of nitrogens with zero attached hydrogens (tertiary/aromatic N) is 1. The highest BCUT2D eigenvalue weighted by Crippen LogP contribution is 2.07. The van der Waals surface area contributed by atoms with E-state index in [9.17, 15) is 13.2 Å². The van der Waals surface area contributed by atoms with Gasteiger partial charge in [-0.05, 0) is 5.92 Å². The first-order chi connectivity index (χ1) is 7.19. The SMILES string of the molecule is CC[C@H](C)[C@H](N)C(=O)N(C)CCS(C)(=O)=O. The molecule has 0 aliphatic rings. The van der Waals surface area contributed by atoms with E-state index in [1.54, 1.807) is 7.05 Å². The van der Waals surface area contributed by atoms with E-state index in [0.29, 0.717) is 0 Å². The molecule has 0 bridgehead atoms. The predicted octanol–water partition coefficient (Wildman–Crippen LogP) is -0.137. The molecule has 0 aromatic heterocycles. The normalized spacial score (nSPS) is 15.6. The fourth-order valence-electron chi connectivity index (χ4n) is 1.16. The smallest absolute Gasteiger partial charge is 0.239 e. The van der Waals surface area contributed by atoms with Gasteiger partial charge in [0, 0.05) is 19.8 Å². The van der Waals surface area contributed by atoms with Crippen LogP contribution >= 0.6 is 0 Å². The number of amides is 1. The molecule has 0 fully saturated rings. The third-order valence-electron chi connectivity index (χ3n) is 2.72. The van der Waals surface area contributed by atoms with Crippen molar-refractivity contribution in [2.45, 2.75) is 26.3 Å². The maximum absolute atomic E-state index is 11.8. The molecule has 0 radical (unpaired) electrons. The van der Waals surface area contributed by atoms with Crippen molar-refractivity contribution in [3.05, 3.63) is 0 Å². The number of rotatable bonds is 6. The van der Waals surface area contributed by atoms with Crippen LogP contribution < -0.4 is 5.73 Å². The maximum atomic E-state index is 11.8. The third-order valence-corrected chi connectivity index (χ3v) is 3.64. The van der Waals surface area contributed by atoms with Crippen LogP contribution in [0.4, 0.5) is 0 Å². The standard InChI is InChI=1S/C10H22N2O3S/c1-5-8(2)9(11)10(13)12(3)6-7-16(4,14)15/h8-9H,5-7,11H2,1-4H3/t8-,9-/m0/s1. The van der Waals surface area contributed by atoms with Gasteiger partial charge in [-0.2, -0.15) is 0 Å². The van der Waals surface area contributed by atoms with E-state index in [4.69, 9.17) is 5.73 Å². The summed E-state index contributed by atoms with van der Waals surface area (Å²) in [6, 6.07) is -0.547. The summed E-state index contributed by atoms with van der Waals surface area (Å²) in [4.78, 5) is 13.2. The minimum atomic E-state index is -3.04. The van der Waals surface area contributed by atoms with Gasteiger partial charge in [0.1, 0.15) is 9.84 Å². The molecule has 0 heterocycles. The van der Waals surface area contributed by atoms with Crippen LogP contribution in [0.15, 0.2) is 0 Å². The van der Waals surface area contributed by atoms with Crippen molar-refractivity contribution >= 4 is 15.7 Å². The number of sulfone groups is 1. The van der Waals surface area contributed by atoms with Gasteiger partial charge >= 0.3 is 0 Å². The van der Waals surface area contributed by atoms with Gasteiger partial charge in [-0.15, -0.1) is 0 Å². The molecule has 0 aromatic rings. The van der Waals surface area contributed by atoms with Crippen molar-refractivity contribution in [2.24, 2.45) is 11.7 Å². The summed E-state index contributed by atoms with van der Waals surface area (Å²) >= 11 is 0. The summed E-state index contributed by atoms with van der Waals surface area (Å²) in [6.07, 6.45) is 1.98. The van der Waals surface area contributed by atoms with Crippen molar-refractivity contribution in [2.75, 3.05) is 25.6 Å². The number of likely N-dealkylation sites (N-methyl/N-ethyl adjacent to an activating group) is 1. The maximum Gasteiger partial charge on any atom is 0.239 e. The highest BCUT2D eigenvalue weighted by molar-refractivity contribution is 7.90. The molecule has 1 amide bonds. The molecule has 96 valence electrons. The minimum Gasteiger partial charge on any atom is -0.343 e. The van der Waals surface area contributed by atoms with E-state index in [1.165, 1.54) is 4.90 Å². The molecule has 2 N–H and O–H groups in total. The Bertz CT molecular complexity index is 327.